The number of hydrogen-bond acceptors (Lipinski definition) is 6. The van der Waals surface area contributed by atoms with E-state index in [9.17, 15) is 5.11 Å². The Morgan fingerprint density at radius 2 is 1.70 bits per heavy atom. The maximum atomic E-state index is 10.1. The van der Waals surface area contributed by atoms with E-state index in [-0.39, 0.29) is 11.7 Å². The lowest BCUT2D eigenvalue weighted by atomic mass is 10.0. The van der Waals surface area contributed by atoms with Gasteiger partial charge in [0.15, 0.2) is 5.76 Å². The first-order chi connectivity index (χ1) is 13.0. The molecule has 2 aromatic carbocycles. The topological polar surface area (TPSA) is 85.2 Å². The highest BCUT2D eigenvalue weighted by Gasteiger charge is 2.28. The first kappa shape index (κ1) is 17.7. The molecule has 1 atom stereocenters. The third kappa shape index (κ3) is 3.35. The number of hydrogen-bond donors (Lipinski definition) is 1. The Labute approximate surface area is 164 Å². The van der Waals surface area contributed by atoms with Crippen LogP contribution in [0.4, 0.5) is 0 Å². The van der Waals surface area contributed by atoms with Crippen LogP contribution in [0.2, 0.25) is 10.0 Å². The lowest BCUT2D eigenvalue weighted by Crippen LogP contribution is -1.93. The molecule has 136 valence electrons. The highest BCUT2D eigenvalue weighted by Crippen LogP contribution is 2.39. The molecule has 0 spiro atoms. The molecule has 1 N–H and O–H groups in total. The average molecular weight is 402 g/mol. The lowest BCUT2D eigenvalue weighted by molar-refractivity contribution is 0.158. The SMILES string of the molecule is CC(O)c1onc(-c2ccccc2Cl)c1-c1nc(-c2ccc(Cl)cc2)no1. The minimum absolute atomic E-state index is 0.173. The molecule has 8 heteroatoms. The maximum absolute atomic E-state index is 10.1. The summed E-state index contributed by atoms with van der Waals surface area (Å²) in [6, 6.07) is 14.2. The molecule has 0 aliphatic carbocycles. The normalized spacial score (nSPS) is 12.3. The molecule has 0 amide bonds. The van der Waals surface area contributed by atoms with Crippen LogP contribution in [0.1, 0.15) is 18.8 Å². The third-order valence-electron chi connectivity index (χ3n) is 3.97. The maximum Gasteiger partial charge on any atom is 0.264 e. The molecule has 0 aliphatic heterocycles. The molecule has 2 heterocycles. The molecule has 0 radical (unpaired) electrons. The highest BCUT2D eigenvalue weighted by molar-refractivity contribution is 6.33. The van der Waals surface area contributed by atoms with Crippen molar-refractivity contribution in [3.63, 3.8) is 0 Å². The van der Waals surface area contributed by atoms with Crippen molar-refractivity contribution < 1.29 is 14.2 Å². The molecular weight excluding hydrogens is 389 g/mol. The molecule has 0 bridgehead atoms. The van der Waals surface area contributed by atoms with Crippen LogP contribution in [0.25, 0.3) is 34.1 Å². The second-order valence-corrected chi connectivity index (χ2v) is 6.70. The lowest BCUT2D eigenvalue weighted by Gasteiger charge is -2.03. The number of aliphatic hydroxyl groups excluding tert-OH is 1. The zero-order valence-corrected chi connectivity index (χ0v) is 15.6. The summed E-state index contributed by atoms with van der Waals surface area (Å²) >= 11 is 12.2. The van der Waals surface area contributed by atoms with Gasteiger partial charge in [0.05, 0.1) is 5.02 Å². The van der Waals surface area contributed by atoms with Crippen molar-refractivity contribution in [3.8, 4) is 34.1 Å². The molecular formula is C19H13Cl2N3O3. The van der Waals surface area contributed by atoms with Crippen molar-refractivity contribution in [1.82, 2.24) is 15.3 Å². The van der Waals surface area contributed by atoms with E-state index in [2.05, 4.69) is 15.3 Å². The van der Waals surface area contributed by atoms with Crippen molar-refractivity contribution in [2.45, 2.75) is 13.0 Å². The highest BCUT2D eigenvalue weighted by atomic mass is 35.5. The average Bonchev–Trinajstić information content (AvgIpc) is 3.29. The van der Waals surface area contributed by atoms with Crippen LogP contribution >= 0.6 is 23.2 Å². The largest absolute Gasteiger partial charge is 0.385 e. The molecule has 27 heavy (non-hydrogen) atoms. The Morgan fingerprint density at radius 3 is 2.41 bits per heavy atom. The quantitative estimate of drug-likeness (QED) is 0.491. The van der Waals surface area contributed by atoms with Crippen LogP contribution in [-0.2, 0) is 0 Å². The summed E-state index contributed by atoms with van der Waals surface area (Å²) in [4.78, 5) is 4.44. The van der Waals surface area contributed by atoms with Gasteiger partial charge in [-0.3, -0.25) is 0 Å². The van der Waals surface area contributed by atoms with Crippen molar-refractivity contribution in [1.29, 1.82) is 0 Å². The van der Waals surface area contributed by atoms with Crippen molar-refractivity contribution in [3.05, 3.63) is 64.3 Å². The molecule has 6 nitrogen and oxygen atoms in total. The van der Waals surface area contributed by atoms with Gasteiger partial charge in [-0.15, -0.1) is 0 Å². The van der Waals surface area contributed by atoms with E-state index in [0.29, 0.717) is 32.7 Å². The van der Waals surface area contributed by atoms with Crippen LogP contribution < -0.4 is 0 Å². The molecule has 1 unspecified atom stereocenters. The van der Waals surface area contributed by atoms with Gasteiger partial charge >= 0.3 is 0 Å². The Bertz CT molecular complexity index is 1090. The Kier molecular flexibility index (Phi) is 4.70. The third-order valence-corrected chi connectivity index (χ3v) is 4.55. The van der Waals surface area contributed by atoms with E-state index < -0.39 is 6.10 Å². The van der Waals surface area contributed by atoms with Crippen LogP contribution in [0.15, 0.2) is 57.6 Å². The zero-order chi connectivity index (χ0) is 19.0. The fraction of sp³-hybridized carbons (Fsp3) is 0.105. The summed E-state index contributed by atoms with van der Waals surface area (Å²) in [5.41, 5.74) is 2.20. The van der Waals surface area contributed by atoms with E-state index in [1.165, 1.54) is 0 Å². The van der Waals surface area contributed by atoms with E-state index in [1.807, 2.05) is 12.1 Å². The summed E-state index contributed by atoms with van der Waals surface area (Å²) in [7, 11) is 0. The Morgan fingerprint density at radius 1 is 0.963 bits per heavy atom. The predicted molar refractivity (Wildman–Crippen MR) is 101 cm³/mol. The second-order valence-electron chi connectivity index (χ2n) is 5.86. The van der Waals surface area contributed by atoms with Crippen LogP contribution in [0, 0.1) is 0 Å². The number of aliphatic hydroxyl groups is 1. The van der Waals surface area contributed by atoms with E-state index in [0.717, 1.165) is 5.56 Å². The molecule has 4 rings (SSSR count). The number of nitrogens with zero attached hydrogens (tertiary/aromatic N) is 3. The van der Waals surface area contributed by atoms with E-state index in [1.54, 1.807) is 43.3 Å². The van der Waals surface area contributed by atoms with Crippen molar-refractivity contribution >= 4 is 23.2 Å². The monoisotopic (exact) mass is 401 g/mol. The van der Waals surface area contributed by atoms with Gasteiger partial charge in [-0.2, -0.15) is 4.98 Å². The number of halogens is 2. The van der Waals surface area contributed by atoms with E-state index in [4.69, 9.17) is 32.2 Å². The van der Waals surface area contributed by atoms with Crippen LogP contribution in [-0.4, -0.2) is 20.4 Å². The molecule has 0 fully saturated rings. The van der Waals surface area contributed by atoms with Crippen LogP contribution in [0.5, 0.6) is 0 Å². The molecule has 4 aromatic rings. The summed E-state index contributed by atoms with van der Waals surface area (Å²) < 4.78 is 10.8. The smallest absolute Gasteiger partial charge is 0.264 e. The van der Waals surface area contributed by atoms with Gasteiger partial charge < -0.3 is 14.2 Å². The molecule has 2 aromatic heterocycles. The molecule has 0 saturated heterocycles. The number of benzene rings is 2. The van der Waals surface area contributed by atoms with E-state index >= 15 is 0 Å². The van der Waals surface area contributed by atoms with Crippen molar-refractivity contribution in [2.24, 2.45) is 0 Å². The number of rotatable bonds is 4. The fourth-order valence-electron chi connectivity index (χ4n) is 2.67. The van der Waals surface area contributed by atoms with Gasteiger partial charge in [0.25, 0.3) is 5.89 Å². The van der Waals surface area contributed by atoms with Gasteiger partial charge in [-0.05, 0) is 37.3 Å². The summed E-state index contributed by atoms with van der Waals surface area (Å²) in [6.45, 7) is 1.57. The molecule has 0 aliphatic rings. The second kappa shape index (κ2) is 7.15. The van der Waals surface area contributed by atoms with Gasteiger partial charge in [0, 0.05) is 16.1 Å². The fourth-order valence-corrected chi connectivity index (χ4v) is 3.02. The summed E-state index contributed by atoms with van der Waals surface area (Å²) in [5, 5.41) is 19.3. The minimum atomic E-state index is -0.922. The van der Waals surface area contributed by atoms with Crippen LogP contribution in [0.3, 0.4) is 0 Å². The van der Waals surface area contributed by atoms with Gasteiger partial charge in [0.1, 0.15) is 17.4 Å². The van der Waals surface area contributed by atoms with Crippen molar-refractivity contribution in [2.75, 3.05) is 0 Å². The van der Waals surface area contributed by atoms with Gasteiger partial charge in [-0.25, -0.2) is 0 Å². The predicted octanol–water partition coefficient (Wildman–Crippen LogP) is 5.42. The Hall–Kier alpha value is -2.67. The van der Waals surface area contributed by atoms with Gasteiger partial charge in [-0.1, -0.05) is 51.7 Å². The molecule has 0 saturated carbocycles. The number of aromatic nitrogens is 3. The first-order valence-corrected chi connectivity index (χ1v) is 8.82. The summed E-state index contributed by atoms with van der Waals surface area (Å²) in [5.74, 6) is 0.771. The first-order valence-electron chi connectivity index (χ1n) is 8.07. The minimum Gasteiger partial charge on any atom is -0.385 e. The van der Waals surface area contributed by atoms with Gasteiger partial charge in [0.2, 0.25) is 5.82 Å². The Balaban J connectivity index is 1.85. The summed E-state index contributed by atoms with van der Waals surface area (Å²) in [6.07, 6.45) is -0.922. The zero-order valence-electron chi connectivity index (χ0n) is 14.1. The standard InChI is InChI=1S/C19H13Cl2N3O3/c1-10(25)17-15(16(23-26-17)13-4-2-3-5-14(13)21)19-22-18(24-27-19)11-6-8-12(20)9-7-11/h2-10,25H,1H3.